The molecule has 96 heavy (non-hydrogen) atoms. The van der Waals surface area contributed by atoms with Crippen molar-refractivity contribution < 1.29 is 97.1 Å². The van der Waals surface area contributed by atoms with Crippen LogP contribution in [0.1, 0.15) is 102 Å². The minimum absolute atomic E-state index is 0.0137. The molecule has 3 aliphatic heterocycles. The maximum atomic E-state index is 13.6. The number of nitrogens with zero attached hydrogens (tertiary/aromatic N) is 8. The Morgan fingerprint density at radius 2 is 1.07 bits per heavy atom. The summed E-state index contributed by atoms with van der Waals surface area (Å²) < 4.78 is 210. The van der Waals surface area contributed by atoms with Crippen molar-refractivity contribution >= 4 is 129 Å². The number of aliphatic carboxylic acids is 1. The third kappa shape index (κ3) is 19.7. The van der Waals surface area contributed by atoms with Gasteiger partial charge < -0.3 is 35.8 Å². The van der Waals surface area contributed by atoms with Crippen LogP contribution in [0.4, 0.5) is 29.2 Å². The number of hydrogen-bond donors (Lipinski definition) is 9. The van der Waals surface area contributed by atoms with Gasteiger partial charge in [0.05, 0.1) is 27.2 Å². The number of allylic oxidation sites excluding steroid dienone is 4. The molecule has 31 nitrogen and oxygen atoms in total. The second-order valence-electron chi connectivity index (χ2n) is 24.1. The third-order valence-electron chi connectivity index (χ3n) is 17.4. The number of unbranched alkanes of at least 4 members (excludes halogenated alkanes) is 2. The fourth-order valence-electron chi connectivity index (χ4n) is 12.2. The van der Waals surface area contributed by atoms with Crippen LogP contribution in [0.3, 0.4) is 0 Å². The highest BCUT2D eigenvalue weighted by atomic mass is 32.2. The van der Waals surface area contributed by atoms with Gasteiger partial charge >= 0.3 is 5.97 Å². The SMILES string of the molecule is C/C(=C\C=C\C(CCCS(=O)(=O)O)=[N+](CCCS(=O)(=O)O)c1ccc2c(S(=O)(=O)O)cc(S(=O)(=O)O)cc2c1C)N(CCCCCC(=O)NC1CCN(c2nc(N3CCC(N)CC3)nc(N3CCC(C(=O)O)CC3)n2)CC1)c1ccc2c(S(=O)(=O)O)cc(S(=O)(=O)O)cc2c1C. The lowest BCUT2D eigenvalue weighted by atomic mass is 9.97. The molecular weight excluding hydrogens is 1380 g/mol. The molecule has 526 valence electrons. The van der Waals surface area contributed by atoms with E-state index in [-0.39, 0.29) is 101 Å². The molecule has 0 radical (unpaired) electrons. The van der Waals surface area contributed by atoms with E-state index in [1.165, 1.54) is 47.9 Å². The fraction of sp³-hybridized carbons (Fsp3) is 0.492. The van der Waals surface area contributed by atoms with E-state index in [1.54, 1.807) is 24.8 Å². The summed E-state index contributed by atoms with van der Waals surface area (Å²) in [5, 5.41) is 12.4. The summed E-state index contributed by atoms with van der Waals surface area (Å²) in [6, 6.07) is 8.53. The van der Waals surface area contributed by atoms with Crippen LogP contribution in [0.2, 0.25) is 0 Å². The number of carboxylic acids is 1. The monoisotopic (exact) mass is 1460 g/mol. The van der Waals surface area contributed by atoms with Crippen LogP contribution < -0.4 is 30.7 Å². The van der Waals surface area contributed by atoms with Gasteiger partial charge in [-0.15, -0.1) is 0 Å². The molecule has 0 spiro atoms. The Morgan fingerprint density at radius 1 is 0.594 bits per heavy atom. The molecule has 0 atom stereocenters. The van der Waals surface area contributed by atoms with E-state index in [0.29, 0.717) is 126 Å². The minimum Gasteiger partial charge on any atom is -0.481 e. The molecule has 4 heterocycles. The Morgan fingerprint density at radius 3 is 1.56 bits per heavy atom. The van der Waals surface area contributed by atoms with Crippen LogP contribution in [-0.4, -0.2) is 196 Å². The van der Waals surface area contributed by atoms with Crippen molar-refractivity contribution in [3.05, 3.63) is 83.6 Å². The van der Waals surface area contributed by atoms with Gasteiger partial charge in [-0.05, 0) is 137 Å². The predicted octanol–water partition coefficient (Wildman–Crippen LogP) is 5.35. The number of anilines is 4. The number of hydrogen-bond acceptors (Lipinski definition) is 22. The molecule has 0 bridgehead atoms. The molecule has 8 rings (SSSR count). The van der Waals surface area contributed by atoms with Gasteiger partial charge in [-0.2, -0.15) is 70.0 Å². The summed E-state index contributed by atoms with van der Waals surface area (Å²) >= 11 is 0. The van der Waals surface area contributed by atoms with E-state index in [4.69, 9.17) is 20.7 Å². The number of aryl methyl sites for hydroxylation is 2. The van der Waals surface area contributed by atoms with Crippen molar-refractivity contribution in [2.45, 2.75) is 136 Å². The highest BCUT2D eigenvalue weighted by Crippen LogP contribution is 2.38. The summed E-state index contributed by atoms with van der Waals surface area (Å²) in [5.74, 6) is -1.51. The maximum Gasteiger partial charge on any atom is 0.306 e. The van der Waals surface area contributed by atoms with E-state index in [0.717, 1.165) is 25.0 Å². The lowest BCUT2D eigenvalue weighted by Crippen LogP contribution is -2.46. The van der Waals surface area contributed by atoms with E-state index >= 15 is 0 Å². The Hall–Kier alpha value is -6.88. The first kappa shape index (κ1) is 74.9. The molecule has 37 heteroatoms. The zero-order valence-corrected chi connectivity index (χ0v) is 57.7. The Bertz CT molecular complexity index is 4610. The predicted molar refractivity (Wildman–Crippen MR) is 357 cm³/mol. The van der Waals surface area contributed by atoms with Crippen molar-refractivity contribution in [3.63, 3.8) is 0 Å². The fourth-order valence-corrected chi connectivity index (χ4v) is 15.9. The highest BCUT2D eigenvalue weighted by molar-refractivity contribution is 7.87. The van der Waals surface area contributed by atoms with E-state index in [9.17, 15) is 92.5 Å². The lowest BCUT2D eigenvalue weighted by Gasteiger charge is -2.35. The molecule has 5 aromatic rings. The van der Waals surface area contributed by atoms with E-state index in [1.807, 2.05) is 4.90 Å². The van der Waals surface area contributed by atoms with Gasteiger partial charge in [0.25, 0.3) is 60.7 Å². The topological polar surface area (TPSA) is 473 Å². The van der Waals surface area contributed by atoms with Gasteiger partial charge in [-0.3, -0.25) is 36.9 Å². The minimum atomic E-state index is -5.14. The lowest BCUT2D eigenvalue weighted by molar-refractivity contribution is -0.441. The first-order chi connectivity index (χ1) is 44.8. The normalized spacial score (nSPS) is 16.8. The first-order valence-corrected chi connectivity index (χ1v) is 39.7. The average Bonchev–Trinajstić information content (AvgIpc) is 0.761. The molecule has 1 amide bonds. The number of benzene rings is 4. The quantitative estimate of drug-likeness (QED) is 0.0100. The third-order valence-corrected chi connectivity index (χ3v) is 22.4. The van der Waals surface area contributed by atoms with Crippen molar-refractivity contribution in [3.8, 4) is 0 Å². The summed E-state index contributed by atoms with van der Waals surface area (Å²) in [6.07, 6.45) is 8.97. The van der Waals surface area contributed by atoms with Gasteiger partial charge in [0.2, 0.25) is 29.4 Å². The number of fused-ring (bicyclic) bond motifs is 2. The molecule has 1 aromatic heterocycles. The van der Waals surface area contributed by atoms with Crippen LogP contribution in [-0.2, 0) is 70.3 Å². The van der Waals surface area contributed by atoms with Crippen LogP contribution >= 0.6 is 0 Å². The number of carbonyl (C=O) groups is 2. The Balaban J connectivity index is 1.06. The van der Waals surface area contributed by atoms with Crippen LogP contribution in [0, 0.1) is 19.8 Å². The Labute approximate surface area is 557 Å². The largest absolute Gasteiger partial charge is 0.481 e. The maximum absolute atomic E-state index is 13.6. The van der Waals surface area contributed by atoms with Crippen molar-refractivity contribution in [1.29, 1.82) is 0 Å². The number of amides is 1. The van der Waals surface area contributed by atoms with Crippen molar-refractivity contribution in [2.75, 3.05) is 83.5 Å². The van der Waals surface area contributed by atoms with Crippen LogP contribution in [0.15, 0.2) is 92.0 Å². The number of carbonyl (C=O) groups excluding carboxylic acids is 1. The smallest absolute Gasteiger partial charge is 0.306 e. The molecule has 0 aliphatic carbocycles. The zero-order chi connectivity index (χ0) is 70.5. The molecule has 0 unspecified atom stereocenters. The zero-order valence-electron chi connectivity index (χ0n) is 52.8. The van der Waals surface area contributed by atoms with Gasteiger partial charge in [-0.25, -0.2) is 0 Å². The number of carboxylic acid groups (broad SMARTS) is 1. The molecule has 3 saturated heterocycles. The second kappa shape index (κ2) is 30.5. The molecule has 3 aliphatic rings. The van der Waals surface area contributed by atoms with Crippen LogP contribution in [0.25, 0.3) is 21.5 Å². The molecule has 10 N–H and O–H groups in total. The van der Waals surface area contributed by atoms with Gasteiger partial charge in [0.15, 0.2) is 5.71 Å². The number of piperidine rings is 3. The van der Waals surface area contributed by atoms with Crippen molar-refractivity contribution in [2.24, 2.45) is 11.7 Å². The van der Waals surface area contributed by atoms with Crippen molar-refractivity contribution in [1.82, 2.24) is 20.3 Å². The Kier molecular flexibility index (Phi) is 23.8. The van der Waals surface area contributed by atoms with Crippen LogP contribution in [0.5, 0.6) is 0 Å². The molecule has 3 fully saturated rings. The summed E-state index contributed by atoms with van der Waals surface area (Å²) in [5.41, 5.74) is 7.80. The van der Waals surface area contributed by atoms with Gasteiger partial charge in [0, 0.05) is 117 Å². The standard InChI is InChI=1S/C59H78N10O21S6/c1-38(10-7-11-44(12-8-32-91(73,74)75)69(25-9-33-92(76,77)78)52-17-15-48-50(40(52)3)35-46(94(82,83)84)37-54(48)96(88,89)90)68(51-16-14-47-49(39(51)2)34-45(93(79,80)81)36-53(47)95(85,86)87)24-6-4-5-13-55(70)61-43-22-30-67(31-23-43)59-63-57(65-26-18-41(19-27-65)56(71)72)62-58(64-59)66-28-20-42(60)21-29-66/h7,10-11,14-17,34-37,41-43H,4-6,8-9,12-13,18-33,60H2,1-3H3,(H7-,61,70,71,72,73,74,75,76,77,78,79,80,81,82,83,84,85,86,87,88,89,90)/p+1. The van der Waals surface area contributed by atoms with Gasteiger partial charge in [0.1, 0.15) is 16.3 Å². The number of aromatic nitrogens is 3. The second-order valence-corrected chi connectivity index (χ2v) is 32.9. The summed E-state index contributed by atoms with van der Waals surface area (Å²) in [4.78, 5) is 44.4. The van der Waals surface area contributed by atoms with E-state index in [2.05, 4.69) is 15.1 Å². The van der Waals surface area contributed by atoms with E-state index < -0.39 is 104 Å². The first-order valence-electron chi connectivity index (χ1n) is 30.7. The molecular formula is C59H79N10O21S6+. The number of nitrogens with one attached hydrogen (secondary N) is 1. The highest BCUT2D eigenvalue weighted by Gasteiger charge is 2.32. The number of nitrogens with two attached hydrogens (primary N) is 1. The molecule has 0 saturated carbocycles. The number of rotatable bonds is 28. The average molecular weight is 1460 g/mol. The molecule has 4 aromatic carbocycles. The van der Waals surface area contributed by atoms with Gasteiger partial charge in [-0.1, -0.05) is 18.6 Å². The summed E-state index contributed by atoms with van der Waals surface area (Å²) in [7, 11) is -29.5. The summed E-state index contributed by atoms with van der Waals surface area (Å²) in [6.45, 7) is 7.94.